The van der Waals surface area contributed by atoms with Gasteiger partial charge in [-0.1, -0.05) is 42.5 Å². The van der Waals surface area contributed by atoms with Crippen LogP contribution in [0.1, 0.15) is 49.7 Å². The summed E-state index contributed by atoms with van der Waals surface area (Å²) in [6.45, 7) is 0.563. The number of benzene rings is 3. The van der Waals surface area contributed by atoms with Crippen molar-refractivity contribution in [1.82, 2.24) is 20.2 Å². The molecule has 45 heavy (non-hydrogen) atoms. The number of phenols is 1. The Morgan fingerprint density at radius 3 is 2.53 bits per heavy atom. The SMILES string of the molecule is CN1CCc2[nH]c(-c3ccnc([C@@H](O)[C@H](CNC(=O)c4ccccc4O)c4ccc(F)cc4)c3)c(Nc3ccccc3)c2C1=O. The van der Waals surface area contributed by atoms with Gasteiger partial charge in [0.15, 0.2) is 0 Å². The number of carbonyl (C=O) groups is 2. The van der Waals surface area contributed by atoms with Gasteiger partial charge >= 0.3 is 0 Å². The second kappa shape index (κ2) is 12.6. The second-order valence-electron chi connectivity index (χ2n) is 11.0. The number of hydrogen-bond donors (Lipinski definition) is 5. The van der Waals surface area contributed by atoms with Crippen molar-refractivity contribution in [3.8, 4) is 17.0 Å². The zero-order valence-electron chi connectivity index (χ0n) is 24.5. The molecule has 0 radical (unpaired) electrons. The van der Waals surface area contributed by atoms with Crippen LogP contribution >= 0.6 is 0 Å². The first-order valence-electron chi connectivity index (χ1n) is 14.6. The van der Waals surface area contributed by atoms with Gasteiger partial charge in [-0.2, -0.15) is 0 Å². The molecular weight excluding hydrogens is 573 g/mol. The van der Waals surface area contributed by atoms with E-state index in [1.165, 1.54) is 24.3 Å². The van der Waals surface area contributed by atoms with E-state index in [1.807, 2.05) is 30.3 Å². The van der Waals surface area contributed by atoms with Crippen LogP contribution in [0.4, 0.5) is 15.8 Å². The minimum atomic E-state index is -1.21. The zero-order chi connectivity index (χ0) is 31.5. The Kier molecular flexibility index (Phi) is 8.30. The highest BCUT2D eigenvalue weighted by Gasteiger charge is 2.31. The number of likely N-dealkylation sites (N-methyl/N-ethyl adjacent to an activating group) is 1. The molecule has 3 aromatic carbocycles. The predicted molar refractivity (Wildman–Crippen MR) is 169 cm³/mol. The summed E-state index contributed by atoms with van der Waals surface area (Å²) >= 11 is 0. The Morgan fingerprint density at radius 1 is 1.04 bits per heavy atom. The van der Waals surface area contributed by atoms with E-state index in [1.54, 1.807) is 54.5 Å². The molecule has 228 valence electrons. The van der Waals surface area contributed by atoms with E-state index in [-0.39, 0.29) is 23.8 Å². The summed E-state index contributed by atoms with van der Waals surface area (Å²) in [5.41, 5.74) is 5.20. The number of H-pyrrole nitrogens is 1. The fraction of sp³-hybridized carbons (Fsp3) is 0.171. The Hall–Kier alpha value is -5.48. The molecule has 5 aromatic rings. The molecule has 10 heteroatoms. The fourth-order valence-corrected chi connectivity index (χ4v) is 5.61. The number of aliphatic hydroxyl groups excluding tert-OH is 1. The minimum absolute atomic E-state index is 0.0235. The molecule has 3 heterocycles. The molecule has 0 spiro atoms. The van der Waals surface area contributed by atoms with E-state index in [9.17, 15) is 24.2 Å². The molecule has 2 aromatic heterocycles. The van der Waals surface area contributed by atoms with Gasteiger partial charge in [0.25, 0.3) is 11.8 Å². The lowest BCUT2D eigenvalue weighted by atomic mass is 9.90. The van der Waals surface area contributed by atoms with E-state index >= 15 is 0 Å². The van der Waals surface area contributed by atoms with Crippen molar-refractivity contribution in [2.24, 2.45) is 0 Å². The summed E-state index contributed by atoms with van der Waals surface area (Å²) in [5.74, 6) is -1.92. The van der Waals surface area contributed by atoms with Gasteiger partial charge in [-0.15, -0.1) is 0 Å². The molecule has 2 atom stereocenters. The van der Waals surface area contributed by atoms with E-state index in [0.717, 1.165) is 11.4 Å². The number of anilines is 2. The number of phenolic OH excluding ortho intramolecular Hbond substituents is 1. The lowest BCUT2D eigenvalue weighted by Crippen LogP contribution is -2.34. The van der Waals surface area contributed by atoms with E-state index in [0.29, 0.717) is 46.7 Å². The van der Waals surface area contributed by atoms with Crippen molar-refractivity contribution >= 4 is 23.2 Å². The number of pyridine rings is 1. The third-order valence-corrected chi connectivity index (χ3v) is 8.06. The Labute approximate surface area is 259 Å². The highest BCUT2D eigenvalue weighted by Crippen LogP contribution is 2.39. The maximum absolute atomic E-state index is 13.8. The molecule has 9 nitrogen and oxygen atoms in total. The molecule has 0 saturated carbocycles. The molecule has 0 aliphatic carbocycles. The number of carbonyl (C=O) groups excluding carboxylic acids is 2. The number of amides is 2. The fourth-order valence-electron chi connectivity index (χ4n) is 5.61. The number of aromatic amines is 1. The van der Waals surface area contributed by atoms with E-state index < -0.39 is 23.7 Å². The zero-order valence-corrected chi connectivity index (χ0v) is 24.5. The van der Waals surface area contributed by atoms with Crippen LogP contribution in [0.25, 0.3) is 11.3 Å². The molecule has 0 fully saturated rings. The number of aromatic nitrogens is 2. The molecule has 1 aliphatic heterocycles. The average molecular weight is 606 g/mol. The van der Waals surface area contributed by atoms with Crippen molar-refractivity contribution < 1.29 is 24.2 Å². The van der Waals surface area contributed by atoms with Crippen LogP contribution < -0.4 is 10.6 Å². The molecule has 6 rings (SSSR count). The lowest BCUT2D eigenvalue weighted by molar-refractivity contribution is 0.0781. The number of aromatic hydroxyl groups is 1. The van der Waals surface area contributed by atoms with Gasteiger partial charge in [0, 0.05) is 55.6 Å². The predicted octanol–water partition coefficient (Wildman–Crippen LogP) is 5.54. The maximum Gasteiger partial charge on any atom is 0.257 e. The monoisotopic (exact) mass is 605 g/mol. The number of fused-ring (bicyclic) bond motifs is 1. The first-order chi connectivity index (χ1) is 21.8. The number of nitrogens with one attached hydrogen (secondary N) is 3. The molecule has 2 amide bonds. The van der Waals surface area contributed by atoms with Crippen molar-refractivity contribution in [2.45, 2.75) is 18.4 Å². The van der Waals surface area contributed by atoms with Gasteiger partial charge in [-0.25, -0.2) is 4.39 Å². The van der Waals surface area contributed by atoms with Gasteiger partial charge in [0.2, 0.25) is 0 Å². The number of halogens is 1. The number of aliphatic hydroxyl groups is 1. The van der Waals surface area contributed by atoms with Gasteiger partial charge in [-0.05, 0) is 54.1 Å². The number of hydrogen-bond acceptors (Lipinski definition) is 6. The summed E-state index contributed by atoms with van der Waals surface area (Å²) in [6, 6.07) is 25.0. The molecular formula is C35H32FN5O4. The van der Waals surface area contributed by atoms with Crippen LogP contribution in [-0.2, 0) is 6.42 Å². The highest BCUT2D eigenvalue weighted by molar-refractivity contribution is 6.06. The standard InChI is InChI=1S/C35H32FN5O4/c1-41-18-16-27-30(35(41)45)32(39-24-7-3-2-4-8-24)31(40-27)22-15-17-37-28(19-22)33(43)26(21-11-13-23(36)14-12-21)20-38-34(44)25-9-5-6-10-29(25)42/h2-15,17,19,26,33,39-40,42-43H,16,18,20H2,1H3,(H,38,44)/t26-,33+/m1/s1. The smallest absolute Gasteiger partial charge is 0.257 e. The summed E-state index contributed by atoms with van der Waals surface area (Å²) in [4.78, 5) is 35.8. The quantitative estimate of drug-likeness (QED) is 0.150. The Balaban J connectivity index is 1.35. The van der Waals surface area contributed by atoms with Gasteiger partial charge < -0.3 is 30.7 Å². The maximum atomic E-state index is 13.8. The van der Waals surface area contributed by atoms with Crippen LogP contribution in [0.15, 0.2) is 97.2 Å². The van der Waals surface area contributed by atoms with Crippen LogP contribution in [0.3, 0.4) is 0 Å². The van der Waals surface area contributed by atoms with Crippen molar-refractivity contribution in [3.05, 3.63) is 131 Å². The molecule has 0 bridgehead atoms. The van der Waals surface area contributed by atoms with Gasteiger partial charge in [0.1, 0.15) is 17.7 Å². The summed E-state index contributed by atoms with van der Waals surface area (Å²) in [7, 11) is 1.78. The third-order valence-electron chi connectivity index (χ3n) is 8.06. The van der Waals surface area contributed by atoms with Crippen LogP contribution in [0.2, 0.25) is 0 Å². The largest absolute Gasteiger partial charge is 0.507 e. The van der Waals surface area contributed by atoms with E-state index in [4.69, 9.17) is 0 Å². The molecule has 0 saturated heterocycles. The summed E-state index contributed by atoms with van der Waals surface area (Å²) in [6.07, 6.45) is 1.03. The minimum Gasteiger partial charge on any atom is -0.507 e. The van der Waals surface area contributed by atoms with Gasteiger partial charge in [0.05, 0.1) is 28.2 Å². The Bertz CT molecular complexity index is 1840. The summed E-state index contributed by atoms with van der Waals surface area (Å²) < 4.78 is 13.8. The number of nitrogens with zero attached hydrogens (tertiary/aromatic N) is 2. The Morgan fingerprint density at radius 2 is 1.78 bits per heavy atom. The first kappa shape index (κ1) is 29.6. The molecule has 1 aliphatic rings. The van der Waals surface area contributed by atoms with Crippen LogP contribution in [0.5, 0.6) is 5.75 Å². The van der Waals surface area contributed by atoms with Crippen molar-refractivity contribution in [3.63, 3.8) is 0 Å². The van der Waals surface area contributed by atoms with Crippen molar-refractivity contribution in [1.29, 1.82) is 0 Å². The van der Waals surface area contributed by atoms with Crippen LogP contribution in [0, 0.1) is 5.82 Å². The summed E-state index contributed by atoms with van der Waals surface area (Å²) in [5, 5.41) is 28.1. The topological polar surface area (TPSA) is 131 Å². The average Bonchev–Trinajstić information content (AvgIpc) is 3.43. The highest BCUT2D eigenvalue weighted by atomic mass is 19.1. The second-order valence-corrected chi connectivity index (χ2v) is 11.0. The van der Waals surface area contributed by atoms with E-state index in [2.05, 4.69) is 20.6 Å². The van der Waals surface area contributed by atoms with Crippen LogP contribution in [-0.4, -0.2) is 57.0 Å². The third kappa shape index (κ3) is 6.13. The van der Waals surface area contributed by atoms with Gasteiger partial charge in [-0.3, -0.25) is 14.6 Å². The first-order valence-corrected chi connectivity index (χ1v) is 14.6. The number of rotatable bonds is 9. The molecule has 5 N–H and O–H groups in total. The van der Waals surface area contributed by atoms with Crippen molar-refractivity contribution in [2.75, 3.05) is 25.5 Å². The normalized spacial score (nSPS) is 14.0. The lowest BCUT2D eigenvalue weighted by Gasteiger charge is -2.24. The number of para-hydroxylation sites is 2. The molecule has 0 unspecified atom stereocenters.